The van der Waals surface area contributed by atoms with Gasteiger partial charge in [0.15, 0.2) is 0 Å². The molecule has 33 heavy (non-hydrogen) atoms. The summed E-state index contributed by atoms with van der Waals surface area (Å²) in [5.41, 5.74) is 2.26. The minimum absolute atomic E-state index is 0.0200. The van der Waals surface area contributed by atoms with Crippen LogP contribution in [0.2, 0.25) is 0 Å². The van der Waals surface area contributed by atoms with Gasteiger partial charge in [-0.25, -0.2) is 13.4 Å². The minimum atomic E-state index is -3.66. The molecule has 1 aliphatic rings. The number of imidazole rings is 1. The summed E-state index contributed by atoms with van der Waals surface area (Å²) in [5.74, 6) is -0.307. The second kappa shape index (κ2) is 9.89. The summed E-state index contributed by atoms with van der Waals surface area (Å²) in [6.07, 6.45) is 10.3. The van der Waals surface area contributed by atoms with Gasteiger partial charge >= 0.3 is 0 Å². The Labute approximate surface area is 195 Å². The van der Waals surface area contributed by atoms with E-state index < -0.39 is 10.0 Å². The van der Waals surface area contributed by atoms with Crippen LogP contribution in [0.5, 0.6) is 0 Å². The number of benzene rings is 2. The van der Waals surface area contributed by atoms with E-state index in [-0.39, 0.29) is 22.9 Å². The number of nitrogens with one attached hydrogen (secondary N) is 1. The fraction of sp³-hybridized carbons (Fsp3) is 0.360. The van der Waals surface area contributed by atoms with Gasteiger partial charge in [0, 0.05) is 36.7 Å². The van der Waals surface area contributed by atoms with Crippen LogP contribution >= 0.6 is 0 Å². The van der Waals surface area contributed by atoms with Gasteiger partial charge < -0.3 is 9.88 Å². The molecule has 174 valence electrons. The molecule has 1 amide bonds. The standard InChI is InChI=1S/C25H30N4O3S/c1-19(20-11-13-23(14-12-20)29-16-15-26-18-29)27-25(30)21-7-6-10-24(17-21)33(31,32)28(2)22-8-4-3-5-9-22/h6-7,10-19,22H,3-5,8-9H2,1-2H3,(H,27,30)/t19-/m0/s1. The van der Waals surface area contributed by atoms with E-state index in [2.05, 4.69) is 10.3 Å². The molecule has 1 heterocycles. The van der Waals surface area contributed by atoms with Gasteiger partial charge in [-0.2, -0.15) is 4.31 Å². The van der Waals surface area contributed by atoms with E-state index in [1.54, 1.807) is 37.8 Å². The number of sulfonamides is 1. The monoisotopic (exact) mass is 466 g/mol. The van der Waals surface area contributed by atoms with Crippen LogP contribution in [0.4, 0.5) is 0 Å². The number of carbonyl (C=O) groups is 1. The maximum Gasteiger partial charge on any atom is 0.251 e. The molecule has 2 aromatic carbocycles. The van der Waals surface area contributed by atoms with E-state index in [4.69, 9.17) is 0 Å². The highest BCUT2D eigenvalue weighted by atomic mass is 32.2. The van der Waals surface area contributed by atoms with Gasteiger partial charge in [-0.05, 0) is 55.7 Å². The molecular formula is C25H30N4O3S. The van der Waals surface area contributed by atoms with Crippen molar-refractivity contribution in [3.63, 3.8) is 0 Å². The van der Waals surface area contributed by atoms with Crippen LogP contribution in [0.3, 0.4) is 0 Å². The maximum absolute atomic E-state index is 13.2. The highest BCUT2D eigenvalue weighted by Gasteiger charge is 2.29. The number of aromatic nitrogens is 2. The summed E-state index contributed by atoms with van der Waals surface area (Å²) < 4.78 is 29.7. The molecule has 0 radical (unpaired) electrons. The summed E-state index contributed by atoms with van der Waals surface area (Å²) in [5, 5.41) is 2.97. The number of hydrogen-bond acceptors (Lipinski definition) is 4. The van der Waals surface area contributed by atoms with Crippen molar-refractivity contribution >= 4 is 15.9 Å². The number of rotatable bonds is 7. The molecule has 7 nitrogen and oxygen atoms in total. The van der Waals surface area contributed by atoms with Crippen LogP contribution in [0, 0.1) is 0 Å². The predicted octanol–water partition coefficient (Wildman–Crippen LogP) is 4.32. The van der Waals surface area contributed by atoms with Crippen molar-refractivity contribution in [2.75, 3.05) is 7.05 Å². The zero-order valence-electron chi connectivity index (χ0n) is 19.0. The lowest BCUT2D eigenvalue weighted by molar-refractivity contribution is 0.0939. The third-order valence-corrected chi connectivity index (χ3v) is 8.31. The molecule has 0 bridgehead atoms. The Morgan fingerprint density at radius 2 is 1.85 bits per heavy atom. The molecule has 1 saturated carbocycles. The number of hydrogen-bond donors (Lipinski definition) is 1. The molecule has 3 aromatic rings. The Morgan fingerprint density at radius 1 is 1.12 bits per heavy atom. The summed E-state index contributed by atoms with van der Waals surface area (Å²) in [6, 6.07) is 13.9. The minimum Gasteiger partial charge on any atom is -0.346 e. The number of carbonyl (C=O) groups excluding carboxylic acids is 1. The SMILES string of the molecule is C[C@H](NC(=O)c1cccc(S(=O)(=O)N(C)C2CCCCC2)c1)c1ccc(-n2ccnc2)cc1. The smallest absolute Gasteiger partial charge is 0.251 e. The highest BCUT2D eigenvalue weighted by molar-refractivity contribution is 7.89. The van der Waals surface area contributed by atoms with Crippen molar-refractivity contribution < 1.29 is 13.2 Å². The molecule has 4 rings (SSSR count). The van der Waals surface area contributed by atoms with Crippen molar-refractivity contribution in [3.05, 3.63) is 78.4 Å². The van der Waals surface area contributed by atoms with Gasteiger partial charge in [-0.15, -0.1) is 0 Å². The Kier molecular flexibility index (Phi) is 6.95. The zero-order chi connectivity index (χ0) is 23.4. The third-order valence-electron chi connectivity index (χ3n) is 6.41. The largest absolute Gasteiger partial charge is 0.346 e. The summed E-state index contributed by atoms with van der Waals surface area (Å²) in [6.45, 7) is 1.90. The van der Waals surface area contributed by atoms with E-state index in [9.17, 15) is 13.2 Å². The van der Waals surface area contributed by atoms with Crippen molar-refractivity contribution in [3.8, 4) is 5.69 Å². The second-order valence-electron chi connectivity index (χ2n) is 8.60. The van der Waals surface area contributed by atoms with Crippen molar-refractivity contribution in [2.24, 2.45) is 0 Å². The fourth-order valence-electron chi connectivity index (χ4n) is 4.32. The van der Waals surface area contributed by atoms with E-state index in [1.807, 2.05) is 42.0 Å². The molecule has 1 fully saturated rings. The zero-order valence-corrected chi connectivity index (χ0v) is 19.8. The summed E-state index contributed by atoms with van der Waals surface area (Å²) in [7, 11) is -2.01. The molecule has 1 atom stereocenters. The quantitative estimate of drug-likeness (QED) is 0.562. The van der Waals surface area contributed by atoms with Crippen molar-refractivity contribution in [1.29, 1.82) is 0 Å². The molecule has 1 N–H and O–H groups in total. The molecule has 1 aliphatic carbocycles. The second-order valence-corrected chi connectivity index (χ2v) is 10.6. The lowest BCUT2D eigenvalue weighted by Crippen LogP contribution is -2.38. The molecular weight excluding hydrogens is 436 g/mol. The fourth-order valence-corrected chi connectivity index (χ4v) is 5.78. The molecule has 8 heteroatoms. The van der Waals surface area contributed by atoms with E-state index >= 15 is 0 Å². The Bertz CT molecular complexity index is 1180. The van der Waals surface area contributed by atoms with Crippen molar-refractivity contribution in [2.45, 2.75) is 56.0 Å². The van der Waals surface area contributed by atoms with Gasteiger partial charge in [0.25, 0.3) is 5.91 Å². The van der Waals surface area contributed by atoms with Crippen LogP contribution in [-0.2, 0) is 10.0 Å². The molecule has 1 aromatic heterocycles. The Morgan fingerprint density at radius 3 is 2.52 bits per heavy atom. The van der Waals surface area contributed by atoms with Crippen LogP contribution < -0.4 is 5.32 Å². The Hall–Kier alpha value is -2.97. The van der Waals surface area contributed by atoms with Crippen LogP contribution in [-0.4, -0.2) is 41.3 Å². The maximum atomic E-state index is 13.2. The van der Waals surface area contributed by atoms with Crippen LogP contribution in [0.15, 0.2) is 72.1 Å². The number of amides is 1. The third kappa shape index (κ3) is 5.17. The van der Waals surface area contributed by atoms with Gasteiger partial charge in [-0.3, -0.25) is 4.79 Å². The van der Waals surface area contributed by atoms with E-state index in [0.29, 0.717) is 5.56 Å². The Balaban J connectivity index is 1.46. The van der Waals surface area contributed by atoms with Gasteiger partial charge in [-0.1, -0.05) is 37.5 Å². The van der Waals surface area contributed by atoms with Gasteiger partial charge in [0.2, 0.25) is 10.0 Å². The van der Waals surface area contributed by atoms with E-state index in [0.717, 1.165) is 43.4 Å². The van der Waals surface area contributed by atoms with E-state index in [1.165, 1.54) is 10.4 Å². The normalized spacial score (nSPS) is 16.0. The van der Waals surface area contributed by atoms with Gasteiger partial charge in [0.1, 0.15) is 0 Å². The lowest BCUT2D eigenvalue weighted by Gasteiger charge is -2.30. The molecule has 0 unspecified atom stereocenters. The summed E-state index contributed by atoms with van der Waals surface area (Å²) in [4.78, 5) is 17.1. The van der Waals surface area contributed by atoms with Crippen molar-refractivity contribution in [1.82, 2.24) is 19.2 Å². The number of nitrogens with zero attached hydrogens (tertiary/aromatic N) is 3. The average Bonchev–Trinajstić information content (AvgIpc) is 3.39. The van der Waals surface area contributed by atoms with Crippen LogP contribution in [0.1, 0.15) is 61.0 Å². The first-order chi connectivity index (χ1) is 15.9. The molecule has 0 aliphatic heterocycles. The highest BCUT2D eigenvalue weighted by Crippen LogP contribution is 2.27. The summed E-state index contributed by atoms with van der Waals surface area (Å²) >= 11 is 0. The topological polar surface area (TPSA) is 84.3 Å². The predicted molar refractivity (Wildman–Crippen MR) is 128 cm³/mol. The first kappa shape index (κ1) is 23.2. The van der Waals surface area contributed by atoms with Crippen LogP contribution in [0.25, 0.3) is 5.69 Å². The lowest BCUT2D eigenvalue weighted by atomic mass is 9.96. The first-order valence-corrected chi connectivity index (χ1v) is 12.8. The first-order valence-electron chi connectivity index (χ1n) is 11.3. The van der Waals surface area contributed by atoms with Gasteiger partial charge in [0.05, 0.1) is 17.3 Å². The average molecular weight is 467 g/mol. The molecule has 0 saturated heterocycles. The molecule has 0 spiro atoms.